The van der Waals surface area contributed by atoms with Crippen LogP contribution in [-0.2, 0) is 10.0 Å². The van der Waals surface area contributed by atoms with E-state index < -0.39 is 16.1 Å². The minimum absolute atomic E-state index is 0.0253. The van der Waals surface area contributed by atoms with Crippen molar-refractivity contribution in [3.63, 3.8) is 0 Å². The van der Waals surface area contributed by atoms with Crippen LogP contribution in [0.4, 0.5) is 5.69 Å². The minimum Gasteiger partial charge on any atom is -0.506 e. The molecular weight excluding hydrogens is 518 g/mol. The zero-order valence-corrected chi connectivity index (χ0v) is 23.6. The number of aliphatic hydroxyl groups is 1. The summed E-state index contributed by atoms with van der Waals surface area (Å²) in [6, 6.07) is 12.7. The first kappa shape index (κ1) is 29.2. The Kier molecular flexibility index (Phi) is 9.74. The van der Waals surface area contributed by atoms with Crippen molar-refractivity contribution in [2.45, 2.75) is 63.5 Å². The number of rotatable bonds is 10. The van der Waals surface area contributed by atoms with Gasteiger partial charge in [-0.15, -0.1) is 0 Å². The molecule has 0 bridgehead atoms. The fourth-order valence-electron chi connectivity index (χ4n) is 5.36. The lowest BCUT2D eigenvalue weighted by Crippen LogP contribution is -2.39. The fraction of sp³-hybridized carbons (Fsp3) is 0.552. The Morgan fingerprint density at radius 1 is 1.05 bits per heavy atom. The number of ether oxygens (including phenoxy) is 1. The van der Waals surface area contributed by atoms with Gasteiger partial charge in [-0.1, -0.05) is 19.1 Å². The molecule has 4 N–H and O–H groups in total. The number of anilines is 1. The van der Waals surface area contributed by atoms with E-state index in [4.69, 9.17) is 4.74 Å². The molecule has 214 valence electrons. The Hall–Kier alpha value is -2.82. The number of sulfonamides is 1. The van der Waals surface area contributed by atoms with Crippen molar-refractivity contribution in [3.8, 4) is 11.5 Å². The molecule has 2 aromatic rings. The Balaban J connectivity index is 1.18. The van der Waals surface area contributed by atoms with Crippen LogP contribution < -0.4 is 14.8 Å². The molecule has 39 heavy (non-hydrogen) atoms. The molecule has 1 aliphatic heterocycles. The molecule has 4 rings (SSSR count). The van der Waals surface area contributed by atoms with E-state index in [0.29, 0.717) is 30.2 Å². The predicted molar refractivity (Wildman–Crippen MR) is 152 cm³/mol. The van der Waals surface area contributed by atoms with Crippen molar-refractivity contribution in [3.05, 3.63) is 53.6 Å². The van der Waals surface area contributed by atoms with Crippen molar-refractivity contribution in [2.75, 3.05) is 37.2 Å². The van der Waals surface area contributed by atoms with Gasteiger partial charge in [0.25, 0.3) is 5.91 Å². The van der Waals surface area contributed by atoms with E-state index in [1.165, 1.54) is 23.8 Å². The molecular formula is C29H41N3O6S. The Morgan fingerprint density at radius 2 is 1.72 bits per heavy atom. The van der Waals surface area contributed by atoms with Gasteiger partial charge in [0.15, 0.2) is 0 Å². The predicted octanol–water partition coefficient (Wildman–Crippen LogP) is 3.69. The highest BCUT2D eigenvalue weighted by atomic mass is 32.2. The molecule has 1 heterocycles. The number of phenolic OH excluding ortho intramolecular Hbond substituents is 1. The average Bonchev–Trinajstić information content (AvgIpc) is 2.92. The van der Waals surface area contributed by atoms with Crippen LogP contribution in [0.3, 0.4) is 0 Å². The Bertz CT molecular complexity index is 1200. The summed E-state index contributed by atoms with van der Waals surface area (Å²) in [7, 11) is -3.54. The summed E-state index contributed by atoms with van der Waals surface area (Å²) in [6.45, 7) is 4.36. The highest BCUT2D eigenvalue weighted by molar-refractivity contribution is 7.92. The molecule has 2 aliphatic rings. The van der Waals surface area contributed by atoms with E-state index in [-0.39, 0.29) is 24.0 Å². The summed E-state index contributed by atoms with van der Waals surface area (Å²) >= 11 is 0. The summed E-state index contributed by atoms with van der Waals surface area (Å²) in [5.74, 6) is 1.45. The van der Waals surface area contributed by atoms with E-state index in [9.17, 15) is 23.4 Å². The topological polar surface area (TPSA) is 128 Å². The Labute approximate surface area is 231 Å². The molecule has 0 unspecified atom stereocenters. The van der Waals surface area contributed by atoms with Crippen LogP contribution in [0.25, 0.3) is 0 Å². The van der Waals surface area contributed by atoms with Gasteiger partial charge in [0.05, 0.1) is 11.9 Å². The summed E-state index contributed by atoms with van der Waals surface area (Å²) in [6.07, 6.45) is 6.52. The van der Waals surface area contributed by atoms with Crippen molar-refractivity contribution in [1.29, 1.82) is 0 Å². The highest BCUT2D eigenvalue weighted by Crippen LogP contribution is 2.33. The monoisotopic (exact) mass is 559 g/mol. The number of carbonyl (C=O) groups excluding carboxylic acids is 1. The normalized spacial score (nSPS) is 21.4. The van der Waals surface area contributed by atoms with Gasteiger partial charge in [0.1, 0.15) is 24.2 Å². The number of carbonyl (C=O) groups is 1. The molecule has 2 fully saturated rings. The number of nitrogens with one attached hydrogen (secondary N) is 2. The third-order valence-electron chi connectivity index (χ3n) is 7.77. The standard InChI is InChI=1S/C29H41N3O6S/c1-20-13-15-32(16-14-20)29(35)23-5-3-21(4-6-23)22-7-9-24(10-8-22)30-18-25(33)19-38-26-11-12-28(34)27(17-26)31-39(2,36)37/h3-6,11-12,17,20,22,24-25,30-31,33-34H,7-10,13-16,18-19H2,1-2H3/t22-,24-,25-/m0/s1. The molecule has 1 saturated heterocycles. The second-order valence-corrected chi connectivity index (χ2v) is 12.8. The van der Waals surface area contributed by atoms with E-state index in [0.717, 1.165) is 63.4 Å². The van der Waals surface area contributed by atoms with Crippen molar-refractivity contribution >= 4 is 21.6 Å². The molecule has 1 amide bonds. The SMILES string of the molecule is CC1CCN(C(=O)c2ccc([C@H]3CC[C@H](NC[C@H](O)COc4ccc(O)c(NS(C)(=O)=O)c4)CC3)cc2)CC1. The van der Waals surface area contributed by atoms with Gasteiger partial charge >= 0.3 is 0 Å². The molecule has 2 aromatic carbocycles. The van der Waals surface area contributed by atoms with Crippen LogP contribution in [0.2, 0.25) is 0 Å². The third kappa shape index (κ3) is 8.58. The molecule has 9 nitrogen and oxygen atoms in total. The molecule has 0 radical (unpaired) electrons. The molecule has 1 saturated carbocycles. The molecule has 1 atom stereocenters. The number of aliphatic hydroxyl groups excluding tert-OH is 1. The van der Waals surface area contributed by atoms with Crippen molar-refractivity contribution in [1.82, 2.24) is 10.2 Å². The summed E-state index contributed by atoms with van der Waals surface area (Å²) in [5.41, 5.74) is 2.08. The van der Waals surface area contributed by atoms with Gasteiger partial charge < -0.3 is 25.2 Å². The fourth-order valence-corrected chi connectivity index (χ4v) is 5.93. The van der Waals surface area contributed by atoms with Crippen LogP contribution in [0.15, 0.2) is 42.5 Å². The van der Waals surface area contributed by atoms with Gasteiger partial charge in [0, 0.05) is 37.3 Å². The first-order valence-corrected chi connectivity index (χ1v) is 15.7. The average molecular weight is 560 g/mol. The molecule has 1 aliphatic carbocycles. The van der Waals surface area contributed by atoms with Crippen LogP contribution >= 0.6 is 0 Å². The van der Waals surface area contributed by atoms with Crippen molar-refractivity contribution < 1.29 is 28.2 Å². The number of hydrogen-bond acceptors (Lipinski definition) is 7. The van der Waals surface area contributed by atoms with E-state index in [1.54, 1.807) is 0 Å². The van der Waals surface area contributed by atoms with E-state index >= 15 is 0 Å². The number of benzene rings is 2. The molecule has 0 aromatic heterocycles. The maximum Gasteiger partial charge on any atom is 0.253 e. The zero-order chi connectivity index (χ0) is 28.0. The highest BCUT2D eigenvalue weighted by Gasteiger charge is 2.24. The maximum atomic E-state index is 12.8. The van der Waals surface area contributed by atoms with Crippen molar-refractivity contribution in [2.24, 2.45) is 5.92 Å². The quantitative estimate of drug-likeness (QED) is 0.327. The second kappa shape index (κ2) is 13.0. The van der Waals surface area contributed by atoms with E-state index in [1.807, 2.05) is 17.0 Å². The van der Waals surface area contributed by atoms with Gasteiger partial charge in [-0.2, -0.15) is 0 Å². The number of piperidine rings is 1. The maximum absolute atomic E-state index is 12.8. The molecule has 0 spiro atoms. The van der Waals surface area contributed by atoms with E-state index in [2.05, 4.69) is 29.1 Å². The van der Waals surface area contributed by atoms with Gasteiger partial charge in [-0.3, -0.25) is 9.52 Å². The van der Waals surface area contributed by atoms with Crippen LogP contribution in [0.1, 0.15) is 67.3 Å². The summed E-state index contributed by atoms with van der Waals surface area (Å²) in [4.78, 5) is 14.8. The van der Waals surface area contributed by atoms with Gasteiger partial charge in [-0.05, 0) is 80.2 Å². The number of aromatic hydroxyl groups is 1. The Morgan fingerprint density at radius 3 is 2.36 bits per heavy atom. The minimum atomic E-state index is -3.54. The first-order valence-electron chi connectivity index (χ1n) is 13.8. The van der Waals surface area contributed by atoms with Gasteiger partial charge in [-0.25, -0.2) is 8.42 Å². The second-order valence-electron chi connectivity index (χ2n) is 11.1. The smallest absolute Gasteiger partial charge is 0.253 e. The number of hydrogen-bond donors (Lipinski definition) is 4. The number of phenols is 1. The van der Waals surface area contributed by atoms with Crippen LogP contribution in [0, 0.1) is 5.92 Å². The largest absolute Gasteiger partial charge is 0.506 e. The van der Waals surface area contributed by atoms with Crippen LogP contribution in [-0.4, -0.2) is 74.1 Å². The lowest BCUT2D eigenvalue weighted by Gasteiger charge is -2.31. The van der Waals surface area contributed by atoms with Crippen LogP contribution in [0.5, 0.6) is 11.5 Å². The number of likely N-dealkylation sites (tertiary alicyclic amines) is 1. The lowest BCUT2D eigenvalue weighted by molar-refractivity contribution is 0.0697. The summed E-state index contributed by atoms with van der Waals surface area (Å²) < 4.78 is 30.7. The zero-order valence-electron chi connectivity index (χ0n) is 22.8. The lowest BCUT2D eigenvalue weighted by atomic mass is 9.81. The van der Waals surface area contributed by atoms with Gasteiger partial charge in [0.2, 0.25) is 10.0 Å². The first-order chi connectivity index (χ1) is 18.6. The third-order valence-corrected chi connectivity index (χ3v) is 8.37. The summed E-state index contributed by atoms with van der Waals surface area (Å²) in [5, 5.41) is 23.6. The number of nitrogens with zero attached hydrogens (tertiary/aromatic N) is 1. The number of amides is 1. The molecule has 10 heteroatoms.